The number of nitrogens with one attached hydrogen (secondary N) is 1. The van der Waals surface area contributed by atoms with E-state index in [1.807, 2.05) is 0 Å². The number of aromatic amines is 1. The lowest BCUT2D eigenvalue weighted by Crippen LogP contribution is -2.54. The quantitative estimate of drug-likeness (QED) is 0.897. The number of hydrogen-bond acceptors (Lipinski definition) is 1. The molecule has 4 aliphatic carbocycles. The van der Waals surface area contributed by atoms with Gasteiger partial charge in [0.2, 0.25) is 0 Å². The van der Waals surface area contributed by atoms with E-state index >= 15 is 0 Å². The van der Waals surface area contributed by atoms with Gasteiger partial charge in [-0.05, 0) is 69.1 Å². The van der Waals surface area contributed by atoms with Crippen molar-refractivity contribution in [2.24, 2.45) is 17.8 Å². The monoisotopic (exact) mass is 274 g/mol. The van der Waals surface area contributed by atoms with Crippen LogP contribution in [0, 0.1) is 17.8 Å². The zero-order chi connectivity index (χ0) is 13.7. The van der Waals surface area contributed by atoms with Crippen molar-refractivity contribution in [1.29, 1.82) is 0 Å². The van der Waals surface area contributed by atoms with Gasteiger partial charge < -0.3 is 4.98 Å². The maximum Gasteiger partial charge on any atom is 0.326 e. The Kier molecular flexibility index (Phi) is 2.87. The first kappa shape index (κ1) is 12.7. The van der Waals surface area contributed by atoms with Gasteiger partial charge in [0.1, 0.15) is 0 Å². The zero-order valence-corrected chi connectivity index (χ0v) is 12.5. The summed E-state index contributed by atoms with van der Waals surface area (Å²) in [7, 11) is 0. The Labute approximate surface area is 120 Å². The van der Waals surface area contributed by atoms with Crippen LogP contribution < -0.4 is 5.69 Å². The van der Waals surface area contributed by atoms with Crippen LogP contribution in [0.25, 0.3) is 0 Å². The third-order valence-corrected chi connectivity index (χ3v) is 6.09. The number of aromatic nitrogens is 2. The van der Waals surface area contributed by atoms with E-state index in [0.717, 1.165) is 29.9 Å². The topological polar surface area (TPSA) is 37.8 Å². The first-order chi connectivity index (χ1) is 9.68. The minimum absolute atomic E-state index is 0.151. The molecular weight excluding hydrogens is 248 g/mol. The van der Waals surface area contributed by atoms with E-state index in [1.165, 1.54) is 51.4 Å². The number of aryl methyl sites for hydroxylation is 1. The number of nitrogens with zero attached hydrogens (tertiary/aromatic N) is 1. The molecule has 0 aliphatic heterocycles. The molecule has 110 valence electrons. The molecule has 4 saturated carbocycles. The van der Waals surface area contributed by atoms with Gasteiger partial charge in [0.05, 0.1) is 0 Å². The maximum atomic E-state index is 12.4. The molecule has 3 nitrogen and oxygen atoms in total. The minimum atomic E-state index is 0.151. The fourth-order valence-corrected chi connectivity index (χ4v) is 5.65. The summed E-state index contributed by atoms with van der Waals surface area (Å²) in [5, 5.41) is 0. The molecule has 5 rings (SSSR count). The first-order valence-corrected chi connectivity index (χ1v) is 8.49. The molecule has 0 amide bonds. The summed E-state index contributed by atoms with van der Waals surface area (Å²) >= 11 is 0. The van der Waals surface area contributed by atoms with E-state index in [2.05, 4.69) is 22.7 Å². The lowest BCUT2D eigenvalue weighted by atomic mass is 9.53. The lowest BCUT2D eigenvalue weighted by Gasteiger charge is -2.56. The van der Waals surface area contributed by atoms with Crippen molar-refractivity contribution in [3.8, 4) is 0 Å². The van der Waals surface area contributed by atoms with E-state index in [1.54, 1.807) is 0 Å². The summed E-state index contributed by atoms with van der Waals surface area (Å²) in [6.07, 6.45) is 13.6. The molecule has 0 aromatic carbocycles. The van der Waals surface area contributed by atoms with Crippen molar-refractivity contribution in [1.82, 2.24) is 9.55 Å². The van der Waals surface area contributed by atoms with Gasteiger partial charge in [0.15, 0.2) is 0 Å². The molecule has 0 spiro atoms. The van der Waals surface area contributed by atoms with Crippen molar-refractivity contribution in [2.45, 2.75) is 70.3 Å². The van der Waals surface area contributed by atoms with E-state index in [-0.39, 0.29) is 11.2 Å². The van der Waals surface area contributed by atoms with Gasteiger partial charge in [-0.25, -0.2) is 4.79 Å². The van der Waals surface area contributed by atoms with Gasteiger partial charge in [0, 0.05) is 17.4 Å². The standard InChI is InChI=1S/C17H26N2O/c1-2-3-4-15-11-19(16(20)18-15)17-8-12-5-13(9-17)7-14(6-12)10-17/h11-14H,2-10H2,1H3,(H,18,20). The van der Waals surface area contributed by atoms with E-state index in [4.69, 9.17) is 0 Å². The average Bonchev–Trinajstić information content (AvgIpc) is 2.77. The molecule has 4 aliphatic rings. The normalized spacial score (nSPS) is 38.5. The Balaban J connectivity index is 1.66. The smallest absolute Gasteiger partial charge is 0.310 e. The fraction of sp³-hybridized carbons (Fsp3) is 0.824. The molecule has 0 atom stereocenters. The first-order valence-electron chi connectivity index (χ1n) is 8.49. The molecule has 1 aromatic heterocycles. The Morgan fingerprint density at radius 3 is 2.35 bits per heavy atom. The molecule has 1 heterocycles. The minimum Gasteiger partial charge on any atom is -0.310 e. The fourth-order valence-electron chi connectivity index (χ4n) is 5.65. The van der Waals surface area contributed by atoms with Gasteiger partial charge in [-0.15, -0.1) is 0 Å². The summed E-state index contributed by atoms with van der Waals surface area (Å²) in [5.41, 5.74) is 1.47. The highest BCUT2D eigenvalue weighted by atomic mass is 16.1. The molecule has 1 N–H and O–H groups in total. The van der Waals surface area contributed by atoms with Gasteiger partial charge in [-0.1, -0.05) is 13.3 Å². The summed E-state index contributed by atoms with van der Waals surface area (Å²) in [5.74, 6) is 2.67. The Morgan fingerprint density at radius 2 is 1.80 bits per heavy atom. The summed E-state index contributed by atoms with van der Waals surface area (Å²) in [6.45, 7) is 2.20. The average molecular weight is 274 g/mol. The van der Waals surface area contributed by atoms with Gasteiger partial charge in [0.25, 0.3) is 0 Å². The molecule has 4 bridgehead atoms. The third-order valence-electron chi connectivity index (χ3n) is 6.09. The van der Waals surface area contributed by atoms with Crippen LogP contribution >= 0.6 is 0 Å². The van der Waals surface area contributed by atoms with Gasteiger partial charge in [-0.3, -0.25) is 4.57 Å². The summed E-state index contributed by atoms with van der Waals surface area (Å²) in [6, 6.07) is 0. The number of imidazole rings is 1. The Hall–Kier alpha value is -0.990. The van der Waals surface area contributed by atoms with Crippen LogP contribution in [-0.2, 0) is 12.0 Å². The lowest BCUT2D eigenvalue weighted by molar-refractivity contribution is -0.0447. The molecule has 20 heavy (non-hydrogen) atoms. The highest BCUT2D eigenvalue weighted by molar-refractivity contribution is 5.09. The molecule has 0 unspecified atom stereocenters. The SMILES string of the molecule is CCCCc1cn(C23CC4CC(CC(C4)C2)C3)c(=O)[nH]1. The highest BCUT2D eigenvalue weighted by Crippen LogP contribution is 2.58. The second-order valence-corrected chi connectivity index (χ2v) is 7.70. The second-order valence-electron chi connectivity index (χ2n) is 7.70. The van der Waals surface area contributed by atoms with Crippen LogP contribution in [-0.4, -0.2) is 9.55 Å². The van der Waals surface area contributed by atoms with Crippen LogP contribution in [0.1, 0.15) is 64.0 Å². The second kappa shape index (κ2) is 4.51. The van der Waals surface area contributed by atoms with Crippen LogP contribution in [0.2, 0.25) is 0 Å². The van der Waals surface area contributed by atoms with Crippen molar-refractivity contribution >= 4 is 0 Å². The molecule has 3 heteroatoms. The predicted octanol–water partition coefficient (Wildman–Crippen LogP) is 3.44. The van der Waals surface area contributed by atoms with Crippen molar-refractivity contribution in [2.75, 3.05) is 0 Å². The molecule has 0 radical (unpaired) electrons. The van der Waals surface area contributed by atoms with Crippen LogP contribution in [0.3, 0.4) is 0 Å². The van der Waals surface area contributed by atoms with Crippen LogP contribution in [0.5, 0.6) is 0 Å². The number of H-pyrrole nitrogens is 1. The number of hydrogen-bond donors (Lipinski definition) is 1. The maximum absolute atomic E-state index is 12.4. The van der Waals surface area contributed by atoms with E-state index in [0.29, 0.717) is 0 Å². The highest BCUT2D eigenvalue weighted by Gasteiger charge is 2.52. The molecule has 4 fully saturated rings. The van der Waals surface area contributed by atoms with Crippen molar-refractivity contribution in [3.05, 3.63) is 22.4 Å². The molecular formula is C17H26N2O. The van der Waals surface area contributed by atoms with E-state index in [9.17, 15) is 4.79 Å². The summed E-state index contributed by atoms with van der Waals surface area (Å²) in [4.78, 5) is 15.5. The zero-order valence-electron chi connectivity index (χ0n) is 12.5. The molecule has 1 aromatic rings. The van der Waals surface area contributed by atoms with Gasteiger partial charge in [-0.2, -0.15) is 0 Å². The summed E-state index contributed by atoms with van der Waals surface area (Å²) < 4.78 is 2.11. The molecule has 0 saturated heterocycles. The largest absolute Gasteiger partial charge is 0.326 e. The van der Waals surface area contributed by atoms with Gasteiger partial charge >= 0.3 is 5.69 Å². The number of rotatable bonds is 4. The predicted molar refractivity (Wildman–Crippen MR) is 79.8 cm³/mol. The Morgan fingerprint density at radius 1 is 1.20 bits per heavy atom. The van der Waals surface area contributed by atoms with Crippen LogP contribution in [0.4, 0.5) is 0 Å². The van der Waals surface area contributed by atoms with Crippen molar-refractivity contribution in [3.63, 3.8) is 0 Å². The Bertz CT molecular complexity index is 518. The third kappa shape index (κ3) is 1.89. The number of unbranched alkanes of at least 4 members (excludes halogenated alkanes) is 1. The van der Waals surface area contributed by atoms with E-state index < -0.39 is 0 Å². The van der Waals surface area contributed by atoms with Crippen LogP contribution in [0.15, 0.2) is 11.0 Å². The van der Waals surface area contributed by atoms with Crippen molar-refractivity contribution < 1.29 is 0 Å².